The number of methoxy groups -OCH3 is 1. The average molecular weight is 465 g/mol. The van der Waals surface area contributed by atoms with E-state index in [1.807, 2.05) is 13.8 Å². The number of carbonyl (C=O) groups is 1. The molecule has 176 valence electrons. The number of fused-ring (bicyclic) bond motifs is 1. The lowest BCUT2D eigenvalue weighted by molar-refractivity contribution is 0.0694. The van der Waals surface area contributed by atoms with Crippen LogP contribution in [0, 0.1) is 23.4 Å². The van der Waals surface area contributed by atoms with Crippen molar-refractivity contribution in [3.8, 4) is 5.88 Å². The van der Waals surface area contributed by atoms with Crippen LogP contribution in [0.4, 0.5) is 18.9 Å². The summed E-state index contributed by atoms with van der Waals surface area (Å²) in [5.41, 5.74) is -1.65. The molecule has 33 heavy (non-hydrogen) atoms. The van der Waals surface area contributed by atoms with Gasteiger partial charge >= 0.3 is 5.97 Å². The molecule has 0 aliphatic rings. The number of anilines is 1. The fraction of sp³-hybridized carbons (Fsp3) is 0.318. The van der Waals surface area contributed by atoms with Crippen LogP contribution in [0.5, 0.6) is 5.88 Å². The Balaban J connectivity index is 2.19. The number of ether oxygens (including phenoxy) is 1. The summed E-state index contributed by atoms with van der Waals surface area (Å²) >= 11 is 0. The Hall–Kier alpha value is -3.60. The molecule has 2 heterocycles. The third-order valence-electron chi connectivity index (χ3n) is 5.24. The lowest BCUT2D eigenvalue weighted by Crippen LogP contribution is -2.26. The summed E-state index contributed by atoms with van der Waals surface area (Å²) in [6.45, 7) is 3.01. The third-order valence-corrected chi connectivity index (χ3v) is 5.24. The highest BCUT2D eigenvalue weighted by molar-refractivity contribution is 5.92. The lowest BCUT2D eigenvalue weighted by Gasteiger charge is -2.24. The average Bonchev–Trinajstić information content (AvgIpc) is 2.74. The molecule has 0 fully saturated rings. The van der Waals surface area contributed by atoms with E-state index < -0.39 is 46.1 Å². The minimum atomic E-state index is -1.46. The minimum absolute atomic E-state index is 0.00889. The number of carboxylic acid groups (broad SMARTS) is 1. The molecule has 3 rings (SSSR count). The normalized spacial score (nSPS) is 12.2. The molecule has 2 aromatic heterocycles. The fourth-order valence-electron chi connectivity index (χ4n) is 3.52. The number of pyridine rings is 2. The number of rotatable bonds is 8. The summed E-state index contributed by atoms with van der Waals surface area (Å²) in [5.74, 6) is -4.97. The molecule has 3 aromatic rings. The highest BCUT2D eigenvalue weighted by Crippen LogP contribution is 2.28. The van der Waals surface area contributed by atoms with Gasteiger partial charge in [0.2, 0.25) is 11.3 Å². The number of hydrogen-bond donors (Lipinski definition) is 3. The first-order valence-electron chi connectivity index (χ1n) is 9.94. The zero-order valence-electron chi connectivity index (χ0n) is 18.0. The summed E-state index contributed by atoms with van der Waals surface area (Å²) in [5, 5.41) is 21.8. The predicted octanol–water partition coefficient (Wildman–Crippen LogP) is 3.32. The van der Waals surface area contributed by atoms with Gasteiger partial charge in [0.15, 0.2) is 11.6 Å². The van der Waals surface area contributed by atoms with E-state index in [2.05, 4.69) is 10.3 Å². The molecule has 11 heteroatoms. The molecular formula is C22H22F3N3O5. The number of nitrogens with zero attached hydrogens (tertiary/aromatic N) is 2. The second kappa shape index (κ2) is 9.49. The number of carboxylic acids is 1. The van der Waals surface area contributed by atoms with Crippen molar-refractivity contribution in [2.24, 2.45) is 5.92 Å². The Morgan fingerprint density at radius 1 is 1.21 bits per heavy atom. The summed E-state index contributed by atoms with van der Waals surface area (Å²) in [6.07, 6.45) is 1.13. The van der Waals surface area contributed by atoms with Crippen LogP contribution >= 0.6 is 0 Å². The molecule has 0 saturated heterocycles. The van der Waals surface area contributed by atoms with Gasteiger partial charge in [-0.15, -0.1) is 0 Å². The molecule has 0 aliphatic heterocycles. The van der Waals surface area contributed by atoms with E-state index in [4.69, 9.17) is 4.74 Å². The monoisotopic (exact) mass is 465 g/mol. The standard InChI is InChI=1S/C22H22F3N3O5/c1-10(2)17(9-29)28-8-14(22(31)32)19(30)13-4-11(21(33-3)27-20(13)28)7-26-18-15(24)5-12(23)6-16(18)25/h4-6,8,10,17,26,29H,7,9H2,1-3H3,(H,31,32)/t17-/m1/s1. The van der Waals surface area contributed by atoms with E-state index in [1.165, 1.54) is 17.7 Å². The van der Waals surface area contributed by atoms with Crippen LogP contribution < -0.4 is 15.5 Å². The van der Waals surface area contributed by atoms with Crippen LogP contribution in [0.15, 0.2) is 29.2 Å². The first-order valence-corrected chi connectivity index (χ1v) is 9.94. The maximum absolute atomic E-state index is 14.0. The van der Waals surface area contributed by atoms with Crippen molar-refractivity contribution >= 4 is 22.7 Å². The van der Waals surface area contributed by atoms with Crippen molar-refractivity contribution in [1.29, 1.82) is 0 Å². The molecule has 0 saturated carbocycles. The van der Waals surface area contributed by atoms with Crippen molar-refractivity contribution in [2.75, 3.05) is 19.0 Å². The van der Waals surface area contributed by atoms with Crippen LogP contribution in [-0.4, -0.2) is 39.5 Å². The van der Waals surface area contributed by atoms with Gasteiger partial charge in [-0.25, -0.2) is 18.0 Å². The van der Waals surface area contributed by atoms with Gasteiger partial charge in [0.25, 0.3) is 0 Å². The quantitative estimate of drug-likeness (QED) is 0.468. The maximum atomic E-state index is 14.0. The maximum Gasteiger partial charge on any atom is 0.341 e. The topological polar surface area (TPSA) is 114 Å². The largest absolute Gasteiger partial charge is 0.481 e. The van der Waals surface area contributed by atoms with Crippen LogP contribution in [0.1, 0.15) is 35.8 Å². The summed E-state index contributed by atoms with van der Waals surface area (Å²) in [6, 6.07) is 1.75. The third kappa shape index (κ3) is 4.63. The van der Waals surface area contributed by atoms with E-state index in [-0.39, 0.29) is 41.5 Å². The van der Waals surface area contributed by atoms with E-state index in [0.717, 1.165) is 6.20 Å². The molecule has 0 spiro atoms. The van der Waals surface area contributed by atoms with Gasteiger partial charge in [0.05, 0.1) is 25.1 Å². The number of aromatic carboxylic acids is 1. The molecule has 1 aromatic carbocycles. The minimum Gasteiger partial charge on any atom is -0.481 e. The number of nitrogens with one attached hydrogen (secondary N) is 1. The van der Waals surface area contributed by atoms with Crippen molar-refractivity contribution in [3.05, 3.63) is 63.2 Å². The number of hydrogen-bond acceptors (Lipinski definition) is 6. The molecule has 1 atom stereocenters. The number of halogens is 3. The fourth-order valence-corrected chi connectivity index (χ4v) is 3.52. The molecule has 3 N–H and O–H groups in total. The number of aromatic nitrogens is 2. The number of benzene rings is 1. The first kappa shape index (κ1) is 24.1. The summed E-state index contributed by atoms with van der Waals surface area (Å²) in [7, 11) is 1.30. The summed E-state index contributed by atoms with van der Waals surface area (Å²) in [4.78, 5) is 28.9. The molecule has 0 amide bonds. The Morgan fingerprint density at radius 3 is 2.36 bits per heavy atom. The smallest absolute Gasteiger partial charge is 0.341 e. The predicted molar refractivity (Wildman–Crippen MR) is 114 cm³/mol. The van der Waals surface area contributed by atoms with Crippen LogP contribution in [0.3, 0.4) is 0 Å². The first-order chi connectivity index (χ1) is 15.6. The molecule has 0 aliphatic carbocycles. The Bertz CT molecular complexity index is 1250. The lowest BCUT2D eigenvalue weighted by atomic mass is 10.0. The second-order valence-electron chi connectivity index (χ2n) is 7.70. The van der Waals surface area contributed by atoms with Crippen molar-refractivity contribution < 1.29 is 32.9 Å². The van der Waals surface area contributed by atoms with Crippen LogP contribution in [-0.2, 0) is 6.54 Å². The SMILES string of the molecule is COc1nc2c(cc1CNc1c(F)cc(F)cc1F)c(=O)c(C(=O)O)cn2[C@H](CO)C(C)C. The molecule has 8 nitrogen and oxygen atoms in total. The van der Waals surface area contributed by atoms with Gasteiger partial charge < -0.3 is 24.8 Å². The van der Waals surface area contributed by atoms with E-state index >= 15 is 0 Å². The molecule has 0 bridgehead atoms. The molecule has 0 radical (unpaired) electrons. The van der Waals surface area contributed by atoms with Gasteiger partial charge in [0.1, 0.15) is 22.7 Å². The number of aliphatic hydroxyl groups is 1. The van der Waals surface area contributed by atoms with Crippen molar-refractivity contribution in [2.45, 2.75) is 26.4 Å². The molecule has 0 unspecified atom stereocenters. The van der Waals surface area contributed by atoms with Gasteiger partial charge in [-0.2, -0.15) is 4.98 Å². The van der Waals surface area contributed by atoms with E-state index in [9.17, 15) is 33.0 Å². The van der Waals surface area contributed by atoms with Gasteiger partial charge in [-0.1, -0.05) is 13.8 Å². The van der Waals surface area contributed by atoms with E-state index in [0.29, 0.717) is 12.1 Å². The van der Waals surface area contributed by atoms with Gasteiger partial charge in [-0.3, -0.25) is 4.79 Å². The van der Waals surface area contributed by atoms with Crippen molar-refractivity contribution in [3.63, 3.8) is 0 Å². The van der Waals surface area contributed by atoms with Gasteiger partial charge in [0, 0.05) is 30.4 Å². The second-order valence-corrected chi connectivity index (χ2v) is 7.70. The van der Waals surface area contributed by atoms with Gasteiger partial charge in [-0.05, 0) is 12.0 Å². The highest BCUT2D eigenvalue weighted by Gasteiger charge is 2.24. The van der Waals surface area contributed by atoms with Crippen LogP contribution in [0.25, 0.3) is 11.0 Å². The Kier molecular flexibility index (Phi) is 6.92. The highest BCUT2D eigenvalue weighted by atomic mass is 19.1. The van der Waals surface area contributed by atoms with E-state index in [1.54, 1.807) is 0 Å². The Labute approximate surface area is 186 Å². The summed E-state index contributed by atoms with van der Waals surface area (Å²) < 4.78 is 47.8. The van der Waals surface area contributed by atoms with Crippen molar-refractivity contribution in [1.82, 2.24) is 9.55 Å². The molecular weight excluding hydrogens is 443 g/mol. The zero-order chi connectivity index (χ0) is 24.4. The zero-order valence-corrected chi connectivity index (χ0v) is 18.0. The Morgan fingerprint density at radius 2 is 1.85 bits per heavy atom. The van der Waals surface area contributed by atoms with Crippen LogP contribution in [0.2, 0.25) is 0 Å². The number of aliphatic hydroxyl groups excluding tert-OH is 1.